The predicted molar refractivity (Wildman–Crippen MR) is 141 cm³/mol. The van der Waals surface area contributed by atoms with Crippen LogP contribution in [0.15, 0.2) is 76.4 Å². The van der Waals surface area contributed by atoms with Gasteiger partial charge < -0.3 is 9.84 Å². The molecule has 2 atom stereocenters. The maximum atomic E-state index is 13.8. The van der Waals surface area contributed by atoms with E-state index in [1.54, 1.807) is 32.0 Å². The number of rotatable bonds is 3. The standard InChI is InChI=1S/C29H26N2O7S/c1-15-10-11-20-27(2,3)24(33)18(31-39(36,37)17-8-6-5-7-9-17)14-29(20)28(15,4)13-16-12-19(32)21-22(23(16)38-29)26(35)30-25(21)34/h5-12,14,31-32H,13H2,1-4H3,(H,30,34,35). The number of carbonyl (C=O) groups is 3. The van der Waals surface area contributed by atoms with Gasteiger partial charge in [-0.1, -0.05) is 42.8 Å². The Morgan fingerprint density at radius 3 is 2.36 bits per heavy atom. The Balaban J connectivity index is 1.61. The lowest BCUT2D eigenvalue weighted by atomic mass is 9.52. The van der Waals surface area contributed by atoms with Crippen molar-refractivity contribution in [3.8, 4) is 11.5 Å². The van der Waals surface area contributed by atoms with Crippen molar-refractivity contribution < 1.29 is 32.6 Å². The van der Waals surface area contributed by atoms with E-state index < -0.39 is 44.1 Å². The molecule has 2 heterocycles. The number of allylic oxidation sites excluding steroid dienone is 3. The number of hydrogen-bond donors (Lipinski definition) is 3. The lowest BCUT2D eigenvalue weighted by Gasteiger charge is -2.58. The number of nitrogens with one attached hydrogen (secondary N) is 2. The van der Waals surface area contributed by atoms with Crippen LogP contribution in [0.4, 0.5) is 0 Å². The molecule has 0 aromatic heterocycles. The van der Waals surface area contributed by atoms with Gasteiger partial charge in [0.05, 0.1) is 27.1 Å². The zero-order valence-corrected chi connectivity index (χ0v) is 22.5. The summed E-state index contributed by atoms with van der Waals surface area (Å²) in [7, 11) is -4.12. The van der Waals surface area contributed by atoms with Crippen LogP contribution in [-0.2, 0) is 21.2 Å². The second-order valence-electron chi connectivity index (χ2n) is 11.1. The second kappa shape index (κ2) is 7.69. The molecule has 200 valence electrons. The lowest BCUT2D eigenvalue weighted by molar-refractivity contribution is -0.125. The van der Waals surface area contributed by atoms with Gasteiger partial charge in [0.1, 0.15) is 11.5 Å². The van der Waals surface area contributed by atoms with E-state index in [-0.39, 0.29) is 39.6 Å². The van der Waals surface area contributed by atoms with E-state index in [1.165, 1.54) is 24.3 Å². The number of amides is 2. The number of imide groups is 1. The van der Waals surface area contributed by atoms with Crippen LogP contribution in [0.3, 0.4) is 0 Å². The van der Waals surface area contributed by atoms with Crippen molar-refractivity contribution in [2.24, 2.45) is 10.8 Å². The number of sulfonamides is 1. The molecular formula is C29H26N2O7S. The van der Waals surface area contributed by atoms with Crippen LogP contribution in [0.25, 0.3) is 0 Å². The number of carbonyl (C=O) groups excluding carboxylic acids is 3. The minimum atomic E-state index is -4.12. The van der Waals surface area contributed by atoms with Crippen molar-refractivity contribution in [1.82, 2.24) is 10.0 Å². The highest BCUT2D eigenvalue weighted by Crippen LogP contribution is 2.62. The molecule has 0 fully saturated rings. The maximum absolute atomic E-state index is 13.8. The molecule has 2 aromatic rings. The molecule has 2 amide bonds. The van der Waals surface area contributed by atoms with Crippen molar-refractivity contribution in [3.05, 3.63) is 88.2 Å². The van der Waals surface area contributed by atoms with E-state index in [2.05, 4.69) is 10.0 Å². The molecule has 2 unspecified atom stereocenters. The Morgan fingerprint density at radius 2 is 1.67 bits per heavy atom. The smallest absolute Gasteiger partial charge is 0.262 e. The number of ketones is 1. The highest BCUT2D eigenvalue weighted by atomic mass is 32.2. The Morgan fingerprint density at radius 1 is 1.00 bits per heavy atom. The van der Waals surface area contributed by atoms with Crippen LogP contribution >= 0.6 is 0 Å². The third-order valence-corrected chi connectivity index (χ3v) is 9.93. The fourth-order valence-electron chi connectivity index (χ4n) is 6.26. The quantitative estimate of drug-likeness (QED) is 0.502. The lowest BCUT2D eigenvalue weighted by Crippen LogP contribution is -2.63. The predicted octanol–water partition coefficient (Wildman–Crippen LogP) is 3.31. The summed E-state index contributed by atoms with van der Waals surface area (Å²) in [4.78, 5) is 39.1. The fraction of sp³-hybridized carbons (Fsp3) is 0.276. The van der Waals surface area contributed by atoms with Crippen molar-refractivity contribution in [1.29, 1.82) is 0 Å². The largest absolute Gasteiger partial charge is 0.507 e. The number of Topliss-reactive ketones (excluding diaryl/α,β-unsaturated/α-hetero) is 1. The van der Waals surface area contributed by atoms with Gasteiger partial charge in [-0.3, -0.25) is 24.4 Å². The topological polar surface area (TPSA) is 139 Å². The van der Waals surface area contributed by atoms with E-state index in [9.17, 15) is 27.9 Å². The molecule has 0 radical (unpaired) electrons. The molecule has 1 spiro atoms. The Kier molecular flexibility index (Phi) is 4.95. The summed E-state index contributed by atoms with van der Waals surface area (Å²) in [6.07, 6.45) is 5.50. The van der Waals surface area contributed by atoms with E-state index in [0.717, 1.165) is 5.57 Å². The molecule has 4 aliphatic rings. The zero-order valence-electron chi connectivity index (χ0n) is 21.7. The summed E-state index contributed by atoms with van der Waals surface area (Å²) < 4.78 is 35.8. The van der Waals surface area contributed by atoms with Gasteiger partial charge in [0.25, 0.3) is 21.8 Å². The summed E-state index contributed by atoms with van der Waals surface area (Å²) >= 11 is 0. The molecule has 39 heavy (non-hydrogen) atoms. The minimum absolute atomic E-state index is 0.00351. The van der Waals surface area contributed by atoms with Crippen LogP contribution in [0.5, 0.6) is 11.5 Å². The van der Waals surface area contributed by atoms with E-state index in [0.29, 0.717) is 11.1 Å². The molecule has 9 nitrogen and oxygen atoms in total. The van der Waals surface area contributed by atoms with Crippen LogP contribution in [-0.4, -0.2) is 36.7 Å². The molecule has 2 aliphatic carbocycles. The molecule has 2 aliphatic heterocycles. The van der Waals surface area contributed by atoms with Crippen LogP contribution < -0.4 is 14.8 Å². The van der Waals surface area contributed by atoms with Crippen molar-refractivity contribution in [2.45, 2.75) is 44.6 Å². The van der Waals surface area contributed by atoms with Gasteiger partial charge in [-0.25, -0.2) is 8.42 Å². The number of phenols is 1. The van der Waals surface area contributed by atoms with Crippen molar-refractivity contribution in [2.75, 3.05) is 0 Å². The molecule has 2 aromatic carbocycles. The van der Waals surface area contributed by atoms with E-state index in [1.807, 2.05) is 26.0 Å². The molecular weight excluding hydrogens is 520 g/mol. The van der Waals surface area contributed by atoms with Gasteiger partial charge in [0.15, 0.2) is 11.4 Å². The number of aromatic hydroxyl groups is 1. The first-order chi connectivity index (χ1) is 18.2. The first-order valence-corrected chi connectivity index (χ1v) is 13.9. The summed E-state index contributed by atoms with van der Waals surface area (Å²) in [5, 5.41) is 12.8. The number of ether oxygens (including phenoxy) is 1. The van der Waals surface area contributed by atoms with Gasteiger partial charge >= 0.3 is 0 Å². The third-order valence-electron chi connectivity index (χ3n) is 8.55. The van der Waals surface area contributed by atoms with Crippen molar-refractivity contribution in [3.63, 3.8) is 0 Å². The van der Waals surface area contributed by atoms with Gasteiger partial charge in [-0.05, 0) is 62.6 Å². The summed E-state index contributed by atoms with van der Waals surface area (Å²) in [6.45, 7) is 7.27. The van der Waals surface area contributed by atoms with Crippen LogP contribution in [0, 0.1) is 10.8 Å². The highest BCUT2D eigenvalue weighted by molar-refractivity contribution is 7.89. The van der Waals surface area contributed by atoms with Gasteiger partial charge in [0, 0.05) is 5.41 Å². The third kappa shape index (κ3) is 3.18. The van der Waals surface area contributed by atoms with E-state index in [4.69, 9.17) is 4.74 Å². The average molecular weight is 547 g/mol. The van der Waals surface area contributed by atoms with Crippen molar-refractivity contribution >= 4 is 27.6 Å². The molecule has 3 N–H and O–H groups in total. The van der Waals surface area contributed by atoms with Gasteiger partial charge in [-0.15, -0.1) is 0 Å². The number of phenolic OH excluding ortho intramolecular Hbond substituents is 1. The molecule has 0 saturated carbocycles. The molecule has 0 bridgehead atoms. The summed E-state index contributed by atoms with van der Waals surface area (Å²) in [5.74, 6) is -2.07. The van der Waals surface area contributed by atoms with Gasteiger partial charge in [0.2, 0.25) is 0 Å². The normalized spacial score (nSPS) is 26.6. The first kappa shape index (κ1) is 25.1. The van der Waals surface area contributed by atoms with Gasteiger partial charge in [-0.2, -0.15) is 0 Å². The zero-order chi connectivity index (χ0) is 28.1. The summed E-state index contributed by atoms with van der Waals surface area (Å²) in [5.41, 5.74) is -1.82. The van der Waals surface area contributed by atoms with Crippen LogP contribution in [0.1, 0.15) is 54.0 Å². The number of benzene rings is 2. The first-order valence-electron chi connectivity index (χ1n) is 12.4. The SMILES string of the molecule is CC1=CC=C2C(C)(C)C(=O)C(NS(=O)(=O)c3ccccc3)=CC23Oc2c(cc(O)c4c2C(=O)NC4=O)CC13C. The average Bonchev–Trinajstić information content (AvgIpc) is 3.17. The molecule has 10 heteroatoms. The fourth-order valence-corrected chi connectivity index (χ4v) is 7.33. The van der Waals surface area contributed by atoms with E-state index >= 15 is 0 Å². The molecule has 0 saturated heterocycles. The highest BCUT2D eigenvalue weighted by Gasteiger charge is 2.64. The maximum Gasteiger partial charge on any atom is 0.262 e. The van der Waals surface area contributed by atoms with Crippen LogP contribution in [0.2, 0.25) is 0 Å². The second-order valence-corrected chi connectivity index (χ2v) is 12.8. The minimum Gasteiger partial charge on any atom is -0.507 e. The monoisotopic (exact) mass is 546 g/mol. The molecule has 6 rings (SSSR count). The Bertz CT molecular complexity index is 1730. The number of fused-ring (bicyclic) bond motifs is 3. The Hall–Kier alpha value is -4.18. The Labute approximate surface area is 225 Å². The summed E-state index contributed by atoms with van der Waals surface area (Å²) in [6, 6.07) is 9.16. The number of hydrogen-bond acceptors (Lipinski definition) is 7.